The number of hydrazine groups is 1. The number of pyridine rings is 1. The summed E-state index contributed by atoms with van der Waals surface area (Å²) in [6, 6.07) is 5.16. The molecule has 0 spiro atoms. The van der Waals surface area contributed by atoms with E-state index in [4.69, 9.17) is 12.2 Å². The van der Waals surface area contributed by atoms with Gasteiger partial charge < -0.3 is 0 Å². The van der Waals surface area contributed by atoms with Crippen molar-refractivity contribution in [2.75, 3.05) is 13.3 Å². The Balaban J connectivity index is 2.61. The Kier molecular flexibility index (Phi) is 4.51. The summed E-state index contributed by atoms with van der Waals surface area (Å²) in [4.78, 5) is 15.5. The molecule has 1 rings (SSSR count). The normalized spacial score (nSPS) is 9.47. The molecule has 0 aromatic carbocycles. The highest BCUT2D eigenvalue weighted by Crippen LogP contribution is 2.01. The molecule has 0 bridgehead atoms. The molecule has 1 heterocycles. The molecule has 0 fully saturated rings. The summed E-state index contributed by atoms with van der Waals surface area (Å²) in [7, 11) is 1.69. The Morgan fingerprint density at radius 2 is 2.33 bits per heavy atom. The fourth-order valence-corrected chi connectivity index (χ4v) is 1.25. The fraction of sp³-hybridized carbons (Fsp3) is 0.222. The molecule has 80 valence electrons. The average Bonchev–Trinajstić information content (AvgIpc) is 2.29. The van der Waals surface area contributed by atoms with Crippen molar-refractivity contribution in [2.24, 2.45) is 0 Å². The number of thioether (sulfide) groups is 1. The van der Waals surface area contributed by atoms with Crippen LogP contribution in [0.4, 0.5) is 0 Å². The van der Waals surface area contributed by atoms with Crippen LogP contribution in [0.15, 0.2) is 24.4 Å². The van der Waals surface area contributed by atoms with E-state index in [1.165, 1.54) is 16.8 Å². The Bertz CT molecular complexity index is 356. The maximum atomic E-state index is 11.6. The highest BCUT2D eigenvalue weighted by Gasteiger charge is 2.09. The van der Waals surface area contributed by atoms with E-state index in [-0.39, 0.29) is 5.91 Å². The van der Waals surface area contributed by atoms with Crippen LogP contribution < -0.4 is 5.43 Å². The molecule has 0 radical (unpaired) electrons. The number of nitrogens with one attached hydrogen (secondary N) is 1. The SMILES string of the molecule is CSC(=S)N(C)NC(=O)c1ccccn1. The number of nitrogens with zero attached hydrogens (tertiary/aromatic N) is 2. The fourth-order valence-electron chi connectivity index (χ4n) is 0.889. The van der Waals surface area contributed by atoms with Crippen LogP contribution in [-0.2, 0) is 0 Å². The third-order valence-corrected chi connectivity index (χ3v) is 3.01. The van der Waals surface area contributed by atoms with Crippen molar-refractivity contribution in [3.63, 3.8) is 0 Å². The van der Waals surface area contributed by atoms with E-state index in [2.05, 4.69) is 10.4 Å². The van der Waals surface area contributed by atoms with Gasteiger partial charge in [-0.2, -0.15) is 0 Å². The summed E-state index contributed by atoms with van der Waals surface area (Å²) in [5.74, 6) is -0.269. The van der Waals surface area contributed by atoms with Gasteiger partial charge in [-0.05, 0) is 18.4 Å². The zero-order chi connectivity index (χ0) is 11.3. The topological polar surface area (TPSA) is 45.2 Å². The number of carbonyl (C=O) groups is 1. The lowest BCUT2D eigenvalue weighted by Gasteiger charge is -2.18. The highest BCUT2D eigenvalue weighted by atomic mass is 32.2. The van der Waals surface area contributed by atoms with Gasteiger partial charge in [0, 0.05) is 13.2 Å². The minimum absolute atomic E-state index is 0.269. The lowest BCUT2D eigenvalue weighted by Crippen LogP contribution is -2.41. The largest absolute Gasteiger partial charge is 0.288 e. The molecule has 1 N–H and O–H groups in total. The Morgan fingerprint density at radius 3 is 2.87 bits per heavy atom. The second kappa shape index (κ2) is 5.67. The van der Waals surface area contributed by atoms with Gasteiger partial charge in [-0.1, -0.05) is 30.0 Å². The van der Waals surface area contributed by atoms with Crippen molar-refractivity contribution in [2.45, 2.75) is 0 Å². The first-order valence-electron chi connectivity index (χ1n) is 4.19. The zero-order valence-electron chi connectivity index (χ0n) is 8.43. The van der Waals surface area contributed by atoms with Crippen LogP contribution in [0.5, 0.6) is 0 Å². The van der Waals surface area contributed by atoms with Gasteiger partial charge in [0.25, 0.3) is 5.91 Å². The van der Waals surface area contributed by atoms with Gasteiger partial charge in [-0.15, -0.1) is 0 Å². The number of aromatic nitrogens is 1. The van der Waals surface area contributed by atoms with Gasteiger partial charge in [-0.3, -0.25) is 20.2 Å². The molecule has 0 saturated carbocycles. The van der Waals surface area contributed by atoms with Crippen LogP contribution in [0.25, 0.3) is 0 Å². The predicted molar refractivity (Wildman–Crippen MR) is 65.6 cm³/mol. The molecule has 1 amide bonds. The first-order chi connectivity index (χ1) is 7.15. The second-order valence-corrected chi connectivity index (χ2v) is 4.13. The van der Waals surface area contributed by atoms with Crippen LogP contribution in [0.3, 0.4) is 0 Å². The number of hydrogen-bond acceptors (Lipinski definition) is 4. The number of hydrogen-bond donors (Lipinski definition) is 1. The molecule has 0 saturated heterocycles. The van der Waals surface area contributed by atoms with E-state index < -0.39 is 0 Å². The molecule has 1 aromatic rings. The number of amides is 1. The first-order valence-corrected chi connectivity index (χ1v) is 5.82. The van der Waals surface area contributed by atoms with Gasteiger partial charge in [0.15, 0.2) is 4.32 Å². The standard InChI is InChI=1S/C9H11N3OS2/c1-12(9(14)15-2)11-8(13)7-5-3-4-6-10-7/h3-6H,1-2H3,(H,11,13). The van der Waals surface area contributed by atoms with Crippen molar-refractivity contribution in [3.8, 4) is 0 Å². The third kappa shape index (κ3) is 3.49. The smallest absolute Gasteiger partial charge is 0.272 e. The highest BCUT2D eigenvalue weighted by molar-refractivity contribution is 8.22. The molecule has 0 aliphatic heterocycles. The van der Waals surface area contributed by atoms with E-state index in [1.54, 1.807) is 31.4 Å². The van der Waals surface area contributed by atoms with E-state index in [9.17, 15) is 4.79 Å². The summed E-state index contributed by atoms with van der Waals surface area (Å²) in [5, 5.41) is 1.50. The molecule has 0 aliphatic rings. The van der Waals surface area contributed by atoms with Crippen LogP contribution in [0, 0.1) is 0 Å². The summed E-state index contributed by atoms with van der Waals surface area (Å²) in [5.41, 5.74) is 2.99. The minimum Gasteiger partial charge on any atom is -0.272 e. The number of thiocarbonyl (C=S) groups is 1. The van der Waals surface area contributed by atoms with Gasteiger partial charge in [-0.25, -0.2) is 0 Å². The minimum atomic E-state index is -0.269. The van der Waals surface area contributed by atoms with Crippen LogP contribution in [0.2, 0.25) is 0 Å². The van der Waals surface area contributed by atoms with Crippen molar-refractivity contribution in [1.82, 2.24) is 15.4 Å². The maximum Gasteiger partial charge on any atom is 0.288 e. The molecule has 4 nitrogen and oxygen atoms in total. The molecule has 0 unspecified atom stereocenters. The molecule has 0 atom stereocenters. The monoisotopic (exact) mass is 241 g/mol. The van der Waals surface area contributed by atoms with Gasteiger partial charge in [0.2, 0.25) is 0 Å². The van der Waals surface area contributed by atoms with E-state index in [1.807, 2.05) is 6.26 Å². The quantitative estimate of drug-likeness (QED) is 0.593. The first kappa shape index (κ1) is 11.9. The van der Waals surface area contributed by atoms with Crippen molar-refractivity contribution in [1.29, 1.82) is 0 Å². The summed E-state index contributed by atoms with van der Waals surface area (Å²) < 4.78 is 0.597. The van der Waals surface area contributed by atoms with Gasteiger partial charge in [0.05, 0.1) is 0 Å². The van der Waals surface area contributed by atoms with Crippen LogP contribution >= 0.6 is 24.0 Å². The lowest BCUT2D eigenvalue weighted by molar-refractivity contribution is 0.0885. The molecular formula is C9H11N3OS2. The van der Waals surface area contributed by atoms with E-state index in [0.717, 1.165) is 0 Å². The Morgan fingerprint density at radius 1 is 1.60 bits per heavy atom. The maximum absolute atomic E-state index is 11.6. The molecule has 1 aromatic heterocycles. The summed E-state index contributed by atoms with van der Waals surface area (Å²) in [6.07, 6.45) is 3.42. The van der Waals surface area contributed by atoms with Crippen molar-refractivity contribution >= 4 is 34.2 Å². The average molecular weight is 241 g/mol. The van der Waals surface area contributed by atoms with Crippen LogP contribution in [0.1, 0.15) is 10.5 Å². The molecular weight excluding hydrogens is 230 g/mol. The van der Waals surface area contributed by atoms with Crippen LogP contribution in [-0.4, -0.2) is 33.5 Å². The number of rotatable bonds is 1. The van der Waals surface area contributed by atoms with Crippen molar-refractivity contribution < 1.29 is 4.79 Å². The van der Waals surface area contributed by atoms with Gasteiger partial charge in [0.1, 0.15) is 5.69 Å². The van der Waals surface area contributed by atoms with E-state index in [0.29, 0.717) is 10.0 Å². The number of carbonyl (C=O) groups excluding carboxylic acids is 1. The molecule has 0 aliphatic carbocycles. The molecule has 6 heteroatoms. The Labute approximate surface area is 98.0 Å². The zero-order valence-corrected chi connectivity index (χ0v) is 10.1. The van der Waals surface area contributed by atoms with Crippen molar-refractivity contribution in [3.05, 3.63) is 30.1 Å². The van der Waals surface area contributed by atoms with Gasteiger partial charge >= 0.3 is 0 Å². The Hall–Kier alpha value is -1.14. The third-order valence-electron chi connectivity index (χ3n) is 1.62. The molecule has 15 heavy (non-hydrogen) atoms. The predicted octanol–water partition coefficient (Wildman–Crippen LogP) is 1.31. The second-order valence-electron chi connectivity index (χ2n) is 2.68. The summed E-state index contributed by atoms with van der Waals surface area (Å²) in [6.45, 7) is 0. The van der Waals surface area contributed by atoms with E-state index >= 15 is 0 Å². The summed E-state index contributed by atoms with van der Waals surface area (Å²) >= 11 is 6.39. The lowest BCUT2D eigenvalue weighted by atomic mass is 10.3.